The van der Waals surface area contributed by atoms with Gasteiger partial charge < -0.3 is 9.73 Å². The molecule has 28 heavy (non-hydrogen) atoms. The molecule has 1 aliphatic heterocycles. The standard InChI is InChI=1S/C19H18ClN3O4S/c1-12-10-18(23(22-12)13-8-9-28(25,26)11-13)21-19(24)17-7-6-16(27-17)14-4-2-3-5-15(14)20/h2-7,10,13H,8-9,11H2,1H3,(H,21,24)/t13-/m1/s1. The average Bonchev–Trinajstić information content (AvgIpc) is 3.34. The van der Waals surface area contributed by atoms with Crippen LogP contribution in [-0.4, -0.2) is 35.6 Å². The Labute approximate surface area is 167 Å². The number of rotatable bonds is 4. The van der Waals surface area contributed by atoms with Gasteiger partial charge in [-0.15, -0.1) is 0 Å². The molecule has 1 aliphatic rings. The van der Waals surface area contributed by atoms with E-state index < -0.39 is 15.7 Å². The van der Waals surface area contributed by atoms with Crippen molar-refractivity contribution in [2.75, 3.05) is 16.8 Å². The summed E-state index contributed by atoms with van der Waals surface area (Å²) in [7, 11) is -3.07. The molecule has 2 aromatic heterocycles. The van der Waals surface area contributed by atoms with Gasteiger partial charge >= 0.3 is 0 Å². The minimum Gasteiger partial charge on any atom is -0.451 e. The third-order valence-electron chi connectivity index (χ3n) is 4.62. The lowest BCUT2D eigenvalue weighted by molar-refractivity contribution is 0.0996. The molecule has 9 heteroatoms. The topological polar surface area (TPSA) is 94.2 Å². The van der Waals surface area contributed by atoms with Crippen molar-refractivity contribution < 1.29 is 17.6 Å². The summed E-state index contributed by atoms with van der Waals surface area (Å²) in [5.74, 6) is 0.764. The molecular weight excluding hydrogens is 402 g/mol. The van der Waals surface area contributed by atoms with Gasteiger partial charge in [-0.1, -0.05) is 23.7 Å². The summed E-state index contributed by atoms with van der Waals surface area (Å²) in [5.41, 5.74) is 1.39. The summed E-state index contributed by atoms with van der Waals surface area (Å²) in [6.45, 7) is 1.79. The first-order valence-corrected chi connectivity index (χ1v) is 10.9. The van der Waals surface area contributed by atoms with Crippen LogP contribution < -0.4 is 5.32 Å². The molecule has 146 valence electrons. The molecule has 1 saturated heterocycles. The van der Waals surface area contributed by atoms with Gasteiger partial charge in [-0.2, -0.15) is 5.10 Å². The van der Waals surface area contributed by atoms with Crippen LogP contribution in [0.2, 0.25) is 5.02 Å². The van der Waals surface area contributed by atoms with E-state index in [0.29, 0.717) is 34.3 Å². The Bertz CT molecular complexity index is 1150. The first kappa shape index (κ1) is 18.8. The van der Waals surface area contributed by atoms with Gasteiger partial charge in [0.05, 0.1) is 28.3 Å². The smallest absolute Gasteiger partial charge is 0.292 e. The van der Waals surface area contributed by atoms with E-state index in [1.165, 1.54) is 0 Å². The molecule has 7 nitrogen and oxygen atoms in total. The molecule has 0 unspecified atom stereocenters. The van der Waals surface area contributed by atoms with Crippen LogP contribution in [0.1, 0.15) is 28.7 Å². The zero-order valence-electron chi connectivity index (χ0n) is 15.1. The molecular formula is C19H18ClN3O4S. The van der Waals surface area contributed by atoms with Crippen LogP contribution in [0, 0.1) is 6.92 Å². The van der Waals surface area contributed by atoms with Crippen molar-refractivity contribution in [1.29, 1.82) is 0 Å². The first-order chi connectivity index (χ1) is 13.3. The number of hydrogen-bond donors (Lipinski definition) is 1. The molecule has 1 N–H and O–H groups in total. The predicted octanol–water partition coefficient (Wildman–Crippen LogP) is 3.72. The number of furan rings is 1. The van der Waals surface area contributed by atoms with Crippen molar-refractivity contribution in [3.63, 3.8) is 0 Å². The number of carbonyl (C=O) groups excluding carboxylic acids is 1. The lowest BCUT2D eigenvalue weighted by Gasteiger charge is -2.13. The number of aryl methyl sites for hydroxylation is 1. The second kappa shape index (κ2) is 7.10. The van der Waals surface area contributed by atoms with E-state index in [-0.39, 0.29) is 23.3 Å². The Kier molecular flexibility index (Phi) is 4.76. The Morgan fingerprint density at radius 2 is 2.07 bits per heavy atom. The quantitative estimate of drug-likeness (QED) is 0.695. The van der Waals surface area contributed by atoms with Gasteiger partial charge in [-0.3, -0.25) is 4.79 Å². The molecule has 0 spiro atoms. The van der Waals surface area contributed by atoms with Crippen molar-refractivity contribution in [2.45, 2.75) is 19.4 Å². The fourth-order valence-electron chi connectivity index (χ4n) is 3.30. The van der Waals surface area contributed by atoms with E-state index in [1.54, 1.807) is 35.9 Å². The highest BCUT2D eigenvalue weighted by Crippen LogP contribution is 2.30. The van der Waals surface area contributed by atoms with Crippen molar-refractivity contribution >= 4 is 33.2 Å². The van der Waals surface area contributed by atoms with Gasteiger partial charge in [-0.05, 0) is 37.6 Å². The second-order valence-electron chi connectivity index (χ2n) is 6.77. The van der Waals surface area contributed by atoms with Crippen molar-refractivity contribution in [2.24, 2.45) is 0 Å². The van der Waals surface area contributed by atoms with Crippen molar-refractivity contribution in [1.82, 2.24) is 9.78 Å². The van der Waals surface area contributed by atoms with Crippen LogP contribution in [-0.2, 0) is 9.84 Å². The fraction of sp³-hybridized carbons (Fsp3) is 0.263. The van der Waals surface area contributed by atoms with Gasteiger partial charge in [-0.25, -0.2) is 13.1 Å². The Balaban J connectivity index is 1.56. The van der Waals surface area contributed by atoms with Crippen LogP contribution in [0.4, 0.5) is 5.82 Å². The normalized spacial score (nSPS) is 18.3. The average molecular weight is 420 g/mol. The number of benzene rings is 1. The molecule has 0 saturated carbocycles. The number of carbonyl (C=O) groups is 1. The number of nitrogens with zero attached hydrogens (tertiary/aromatic N) is 2. The molecule has 0 aliphatic carbocycles. The number of aromatic nitrogens is 2. The zero-order valence-corrected chi connectivity index (χ0v) is 16.6. The van der Waals surface area contributed by atoms with E-state index in [2.05, 4.69) is 10.4 Å². The first-order valence-electron chi connectivity index (χ1n) is 8.75. The van der Waals surface area contributed by atoms with Gasteiger partial charge in [0.2, 0.25) is 0 Å². The largest absolute Gasteiger partial charge is 0.451 e. The Morgan fingerprint density at radius 1 is 1.29 bits per heavy atom. The lowest BCUT2D eigenvalue weighted by atomic mass is 10.2. The van der Waals surface area contributed by atoms with Gasteiger partial charge in [0.25, 0.3) is 5.91 Å². The summed E-state index contributed by atoms with van der Waals surface area (Å²) >= 11 is 6.18. The lowest BCUT2D eigenvalue weighted by Crippen LogP contribution is -2.19. The van der Waals surface area contributed by atoms with Crippen molar-refractivity contribution in [3.05, 3.63) is 58.9 Å². The number of hydrogen-bond acceptors (Lipinski definition) is 5. The molecule has 0 bridgehead atoms. The van der Waals surface area contributed by atoms with Gasteiger partial charge in [0.1, 0.15) is 11.6 Å². The van der Waals surface area contributed by atoms with E-state index in [9.17, 15) is 13.2 Å². The highest BCUT2D eigenvalue weighted by Gasteiger charge is 2.31. The number of sulfone groups is 1. The Morgan fingerprint density at radius 3 is 2.79 bits per heavy atom. The molecule has 4 rings (SSSR count). The number of nitrogens with one attached hydrogen (secondary N) is 1. The van der Waals surface area contributed by atoms with Crippen LogP contribution >= 0.6 is 11.6 Å². The summed E-state index contributed by atoms with van der Waals surface area (Å²) in [6, 6.07) is 11.9. The van der Waals surface area contributed by atoms with Crippen LogP contribution in [0.3, 0.4) is 0 Å². The van der Waals surface area contributed by atoms with E-state index in [1.807, 2.05) is 18.2 Å². The van der Waals surface area contributed by atoms with Crippen molar-refractivity contribution in [3.8, 4) is 11.3 Å². The minimum atomic E-state index is -3.07. The third-order valence-corrected chi connectivity index (χ3v) is 6.70. The monoisotopic (exact) mass is 419 g/mol. The fourth-order valence-corrected chi connectivity index (χ4v) is 5.22. The Hall–Kier alpha value is -2.58. The van der Waals surface area contributed by atoms with Gasteiger partial charge in [0, 0.05) is 11.6 Å². The maximum absolute atomic E-state index is 12.7. The molecule has 3 aromatic rings. The van der Waals surface area contributed by atoms with E-state index >= 15 is 0 Å². The summed E-state index contributed by atoms with van der Waals surface area (Å²) in [4.78, 5) is 12.7. The zero-order chi connectivity index (χ0) is 19.9. The summed E-state index contributed by atoms with van der Waals surface area (Å²) < 4.78 is 30.8. The molecule has 1 aromatic carbocycles. The predicted molar refractivity (Wildman–Crippen MR) is 106 cm³/mol. The SMILES string of the molecule is Cc1cc(NC(=O)c2ccc(-c3ccccc3Cl)o2)n([C@@H]2CCS(=O)(=O)C2)n1. The highest BCUT2D eigenvalue weighted by molar-refractivity contribution is 7.91. The molecule has 0 radical (unpaired) electrons. The third kappa shape index (κ3) is 3.70. The van der Waals surface area contributed by atoms with Crippen LogP contribution in [0.5, 0.6) is 0 Å². The van der Waals surface area contributed by atoms with Crippen LogP contribution in [0.25, 0.3) is 11.3 Å². The van der Waals surface area contributed by atoms with Crippen LogP contribution in [0.15, 0.2) is 46.9 Å². The summed E-state index contributed by atoms with van der Waals surface area (Å²) in [5, 5.41) is 7.66. The maximum Gasteiger partial charge on any atom is 0.292 e. The number of anilines is 1. The second-order valence-corrected chi connectivity index (χ2v) is 9.41. The minimum absolute atomic E-state index is 0.0222. The molecule has 1 amide bonds. The van der Waals surface area contributed by atoms with Gasteiger partial charge in [0.15, 0.2) is 15.6 Å². The molecule has 1 fully saturated rings. The number of halogens is 1. The summed E-state index contributed by atoms with van der Waals surface area (Å²) in [6.07, 6.45) is 0.476. The van der Waals surface area contributed by atoms with E-state index in [0.717, 1.165) is 0 Å². The highest BCUT2D eigenvalue weighted by atomic mass is 35.5. The maximum atomic E-state index is 12.7. The number of amides is 1. The molecule has 3 heterocycles. The van der Waals surface area contributed by atoms with E-state index in [4.69, 9.17) is 16.0 Å². The molecule has 1 atom stereocenters.